The Morgan fingerprint density at radius 1 is 1.14 bits per heavy atom. The maximum atomic E-state index is 12.3. The van der Waals surface area contributed by atoms with E-state index in [2.05, 4.69) is 32.4 Å². The number of benzene rings is 2. The number of hydrogen-bond acceptors (Lipinski definition) is 11. The minimum Gasteiger partial charge on any atom is -0.494 e. The number of hydrogen-bond donors (Lipinski definition) is 1. The molecule has 3 aromatic heterocycles. The van der Waals surface area contributed by atoms with Gasteiger partial charge in [0.25, 0.3) is 11.6 Å². The fraction of sp³-hybridized carbons (Fsp3) is 0.333. The van der Waals surface area contributed by atoms with Crippen LogP contribution in [0.3, 0.4) is 0 Å². The van der Waals surface area contributed by atoms with Gasteiger partial charge in [-0.1, -0.05) is 18.2 Å². The molecule has 220 valence electrons. The highest BCUT2D eigenvalue weighted by atomic mass is 16.6. The molecular weight excluding hydrogens is 550 g/mol. The zero-order valence-corrected chi connectivity index (χ0v) is 24.5. The number of nitrogens with one attached hydrogen (secondary N) is 1. The fourth-order valence-electron chi connectivity index (χ4n) is 6.55. The van der Waals surface area contributed by atoms with E-state index in [1.807, 2.05) is 54.0 Å². The molecule has 7 rings (SSSR count). The Hall–Kier alpha value is -5.04. The van der Waals surface area contributed by atoms with Crippen LogP contribution < -0.4 is 15.0 Å². The van der Waals surface area contributed by atoms with Gasteiger partial charge in [0.15, 0.2) is 0 Å². The van der Waals surface area contributed by atoms with E-state index in [-0.39, 0.29) is 22.6 Å². The van der Waals surface area contributed by atoms with Gasteiger partial charge in [-0.3, -0.25) is 10.1 Å². The van der Waals surface area contributed by atoms with E-state index in [0.29, 0.717) is 52.0 Å². The summed E-state index contributed by atoms with van der Waals surface area (Å²) in [6, 6.07) is 11.5. The summed E-state index contributed by atoms with van der Waals surface area (Å²) in [6.45, 7) is 3.72. The van der Waals surface area contributed by atoms with Crippen molar-refractivity contribution in [1.82, 2.24) is 29.6 Å². The van der Waals surface area contributed by atoms with Crippen molar-refractivity contribution in [3.63, 3.8) is 0 Å². The predicted octanol–water partition coefficient (Wildman–Crippen LogP) is 4.65. The van der Waals surface area contributed by atoms with E-state index >= 15 is 0 Å². The van der Waals surface area contributed by atoms with E-state index in [1.54, 1.807) is 26.3 Å². The average molecular weight is 582 g/mol. The van der Waals surface area contributed by atoms with Crippen molar-refractivity contribution in [2.24, 2.45) is 18.9 Å². The number of nitrogens with zero attached hydrogens (tertiary/aromatic N) is 8. The SMILES string of the molecule is COc1cc(N(C)C2[C@H]3CN(C)C[C@@H]23)c([N+](=O)[O-])cc1Nc1ncc(-c2nnc(C)o2)c(-c2cn(C)c3ccccc23)n1. The molecule has 2 fully saturated rings. The number of aryl methyl sites for hydroxylation is 2. The van der Waals surface area contributed by atoms with Gasteiger partial charge in [-0.2, -0.15) is 0 Å². The lowest BCUT2D eigenvalue weighted by Crippen LogP contribution is -2.31. The predicted molar refractivity (Wildman–Crippen MR) is 162 cm³/mol. The van der Waals surface area contributed by atoms with Crippen LogP contribution in [0.1, 0.15) is 5.89 Å². The van der Waals surface area contributed by atoms with Crippen LogP contribution >= 0.6 is 0 Å². The summed E-state index contributed by atoms with van der Waals surface area (Å²) in [7, 11) is 7.55. The van der Waals surface area contributed by atoms with Crippen molar-refractivity contribution >= 4 is 33.9 Å². The van der Waals surface area contributed by atoms with E-state index in [9.17, 15) is 10.1 Å². The monoisotopic (exact) mass is 581 g/mol. The molecular formula is C30H31N9O4. The topological polar surface area (TPSA) is 141 Å². The summed E-state index contributed by atoms with van der Waals surface area (Å²) in [6.07, 6.45) is 3.61. The number of ether oxygens (including phenoxy) is 1. The third kappa shape index (κ3) is 4.52. The summed E-state index contributed by atoms with van der Waals surface area (Å²) >= 11 is 0. The lowest BCUT2D eigenvalue weighted by Gasteiger charge is -2.24. The highest BCUT2D eigenvalue weighted by molar-refractivity contribution is 5.98. The molecule has 1 saturated heterocycles. The molecule has 0 amide bonds. The van der Waals surface area contributed by atoms with Gasteiger partial charge in [0.1, 0.15) is 11.4 Å². The van der Waals surface area contributed by atoms with Gasteiger partial charge in [0.2, 0.25) is 11.8 Å². The molecule has 5 aromatic rings. The van der Waals surface area contributed by atoms with Gasteiger partial charge >= 0.3 is 0 Å². The molecule has 13 nitrogen and oxygen atoms in total. The average Bonchev–Trinajstić information content (AvgIpc) is 3.31. The Morgan fingerprint density at radius 2 is 1.91 bits per heavy atom. The van der Waals surface area contributed by atoms with Crippen LogP contribution in [0.5, 0.6) is 5.75 Å². The van der Waals surface area contributed by atoms with Gasteiger partial charge in [0, 0.05) is 81.1 Å². The van der Waals surface area contributed by atoms with Crippen LogP contribution in [-0.2, 0) is 7.05 Å². The Bertz CT molecular complexity index is 1870. The van der Waals surface area contributed by atoms with Crippen LogP contribution in [0, 0.1) is 28.9 Å². The standard InChI is InChI=1S/C30H31N9O4/c1-16-34-35-29(43-16)18-12-31-30(33-27(18)19-15-37(3)23-9-7-6-8-17(19)23)32-22-10-25(39(40)41)24(11-26(22)42-5)38(4)28-20-13-36(2)14-21(20)28/h6-12,15,20-21,28H,13-14H2,1-5H3,(H,31,32,33)/t20-,21+,28?. The first-order chi connectivity index (χ1) is 20.7. The quantitative estimate of drug-likeness (QED) is 0.202. The van der Waals surface area contributed by atoms with Crippen LogP contribution in [-0.4, -0.2) is 74.9 Å². The molecule has 0 radical (unpaired) electrons. The van der Waals surface area contributed by atoms with Crippen LogP contribution in [0.4, 0.5) is 23.0 Å². The molecule has 1 unspecified atom stereocenters. The van der Waals surface area contributed by atoms with Crippen molar-refractivity contribution in [3.05, 3.63) is 64.8 Å². The lowest BCUT2D eigenvalue weighted by molar-refractivity contribution is -0.384. The number of likely N-dealkylation sites (tertiary alicyclic amines) is 1. The minimum absolute atomic E-state index is 0.0173. The second kappa shape index (κ2) is 10.1. The zero-order valence-electron chi connectivity index (χ0n) is 24.5. The summed E-state index contributed by atoms with van der Waals surface area (Å²) < 4.78 is 13.5. The first-order valence-corrected chi connectivity index (χ1v) is 14.0. The van der Waals surface area contributed by atoms with Crippen LogP contribution in [0.15, 0.2) is 53.2 Å². The maximum absolute atomic E-state index is 12.3. The Balaban J connectivity index is 1.29. The van der Waals surface area contributed by atoms with Crippen molar-refractivity contribution < 1.29 is 14.1 Å². The number of methoxy groups -OCH3 is 1. The molecule has 0 bridgehead atoms. The minimum atomic E-state index is -0.357. The molecule has 43 heavy (non-hydrogen) atoms. The van der Waals surface area contributed by atoms with E-state index in [0.717, 1.165) is 29.6 Å². The summed E-state index contributed by atoms with van der Waals surface area (Å²) in [5.41, 5.74) is 3.91. The normalized spacial score (nSPS) is 19.4. The second-order valence-electron chi connectivity index (χ2n) is 11.3. The van der Waals surface area contributed by atoms with Crippen LogP contribution in [0.2, 0.25) is 0 Å². The molecule has 2 aromatic carbocycles. The first-order valence-electron chi connectivity index (χ1n) is 14.0. The van der Waals surface area contributed by atoms with Crippen molar-refractivity contribution in [3.8, 4) is 28.5 Å². The smallest absolute Gasteiger partial charge is 0.294 e. The second-order valence-corrected chi connectivity index (χ2v) is 11.3. The molecule has 1 aliphatic carbocycles. The number of rotatable bonds is 8. The Morgan fingerprint density at radius 3 is 2.60 bits per heavy atom. The lowest BCUT2D eigenvalue weighted by atomic mass is 10.1. The number of nitro benzene ring substituents is 1. The van der Waals surface area contributed by atoms with Crippen molar-refractivity contribution in [1.29, 1.82) is 0 Å². The van der Waals surface area contributed by atoms with Gasteiger partial charge < -0.3 is 28.8 Å². The number of para-hydroxylation sites is 1. The van der Waals surface area contributed by atoms with Crippen LogP contribution in [0.25, 0.3) is 33.6 Å². The molecule has 1 N–H and O–H groups in total. The van der Waals surface area contributed by atoms with E-state index in [1.165, 1.54) is 6.07 Å². The van der Waals surface area contributed by atoms with Gasteiger partial charge in [-0.05, 0) is 24.9 Å². The largest absolute Gasteiger partial charge is 0.494 e. The van der Waals surface area contributed by atoms with E-state index < -0.39 is 0 Å². The third-order valence-electron chi connectivity index (χ3n) is 8.60. The summed E-state index contributed by atoms with van der Waals surface area (Å²) in [4.78, 5) is 25.7. The maximum Gasteiger partial charge on any atom is 0.294 e. The molecule has 1 aliphatic heterocycles. The van der Waals surface area contributed by atoms with Gasteiger partial charge in [-0.25, -0.2) is 9.97 Å². The number of aromatic nitrogens is 5. The van der Waals surface area contributed by atoms with Crippen molar-refractivity contribution in [2.75, 3.05) is 44.5 Å². The van der Waals surface area contributed by atoms with Gasteiger partial charge in [-0.15, -0.1) is 10.2 Å². The third-order valence-corrected chi connectivity index (χ3v) is 8.60. The molecule has 3 atom stereocenters. The highest BCUT2D eigenvalue weighted by Gasteiger charge is 2.57. The van der Waals surface area contributed by atoms with Gasteiger partial charge in [0.05, 0.1) is 29.0 Å². The molecule has 4 heterocycles. The highest BCUT2D eigenvalue weighted by Crippen LogP contribution is 2.51. The Labute approximate surface area is 247 Å². The molecule has 13 heteroatoms. The Kier molecular flexibility index (Phi) is 6.27. The number of anilines is 3. The number of piperidine rings is 1. The number of fused-ring (bicyclic) bond motifs is 2. The summed E-state index contributed by atoms with van der Waals surface area (Å²) in [5, 5.41) is 24.6. The zero-order chi connectivity index (χ0) is 30.0. The fourth-order valence-corrected chi connectivity index (χ4v) is 6.55. The molecule has 2 aliphatic rings. The molecule has 0 spiro atoms. The van der Waals surface area contributed by atoms with Crippen molar-refractivity contribution in [2.45, 2.75) is 13.0 Å². The first kappa shape index (κ1) is 26.8. The molecule has 1 saturated carbocycles. The summed E-state index contributed by atoms with van der Waals surface area (Å²) in [5.74, 6) is 2.42. The van der Waals surface area contributed by atoms with E-state index in [4.69, 9.17) is 14.1 Å². The number of nitro groups is 1.